The van der Waals surface area contributed by atoms with Gasteiger partial charge in [0, 0.05) is 5.25 Å². The van der Waals surface area contributed by atoms with Crippen molar-refractivity contribution in [3.8, 4) is 17.7 Å². The van der Waals surface area contributed by atoms with Gasteiger partial charge in [-0.05, 0) is 36.6 Å². The zero-order valence-electron chi connectivity index (χ0n) is 6.21. The lowest BCUT2D eigenvalue weighted by molar-refractivity contribution is 0.727. The Labute approximate surface area is 71.5 Å². The summed E-state index contributed by atoms with van der Waals surface area (Å²) in [5.74, 6) is 2.63. The number of hydrogen-bond acceptors (Lipinski definition) is 2. The lowest BCUT2D eigenvalue weighted by Crippen LogP contribution is -2.04. The number of allylic oxidation sites excluding steroid dienone is 1. The highest BCUT2D eigenvalue weighted by atomic mass is 32.2. The molecule has 1 unspecified atom stereocenters. The van der Waals surface area contributed by atoms with E-state index >= 15 is 0 Å². The van der Waals surface area contributed by atoms with Crippen molar-refractivity contribution in [1.82, 2.24) is 0 Å². The molecule has 0 heterocycles. The van der Waals surface area contributed by atoms with Gasteiger partial charge in [-0.25, -0.2) is 0 Å². The molecule has 0 bridgehead atoms. The third kappa shape index (κ3) is 2.33. The molecule has 11 heavy (non-hydrogen) atoms. The SMILES string of the molecule is C#CC1=CC(SC#N)CCC1. The normalized spacial score (nSPS) is 23.1. The van der Waals surface area contributed by atoms with Crippen molar-refractivity contribution in [2.75, 3.05) is 0 Å². The van der Waals surface area contributed by atoms with E-state index in [0.717, 1.165) is 24.8 Å². The largest absolute Gasteiger partial charge is 0.185 e. The molecule has 1 nitrogen and oxygen atoms in total. The van der Waals surface area contributed by atoms with E-state index in [4.69, 9.17) is 11.7 Å². The van der Waals surface area contributed by atoms with Crippen molar-refractivity contribution in [1.29, 1.82) is 5.26 Å². The van der Waals surface area contributed by atoms with Gasteiger partial charge in [0.2, 0.25) is 0 Å². The van der Waals surface area contributed by atoms with Gasteiger partial charge in [-0.15, -0.1) is 6.42 Å². The summed E-state index contributed by atoms with van der Waals surface area (Å²) < 4.78 is 0. The Bertz CT molecular complexity index is 241. The Balaban J connectivity index is 2.59. The highest BCUT2D eigenvalue weighted by Gasteiger charge is 2.12. The van der Waals surface area contributed by atoms with Gasteiger partial charge in [0.25, 0.3) is 0 Å². The van der Waals surface area contributed by atoms with Gasteiger partial charge in [0.05, 0.1) is 0 Å². The minimum atomic E-state index is 0.333. The summed E-state index contributed by atoms with van der Waals surface area (Å²) in [6.45, 7) is 0. The number of hydrogen-bond donors (Lipinski definition) is 0. The highest BCUT2D eigenvalue weighted by Crippen LogP contribution is 2.25. The molecule has 0 aliphatic heterocycles. The first-order chi connectivity index (χ1) is 5.36. The summed E-state index contributed by atoms with van der Waals surface area (Å²) in [6, 6.07) is 0. The van der Waals surface area contributed by atoms with Crippen LogP contribution in [-0.4, -0.2) is 5.25 Å². The van der Waals surface area contributed by atoms with Gasteiger partial charge in [0.15, 0.2) is 0 Å². The number of thiocyanates is 1. The van der Waals surface area contributed by atoms with Crippen LogP contribution in [0.4, 0.5) is 0 Å². The van der Waals surface area contributed by atoms with Crippen LogP contribution in [0, 0.1) is 23.0 Å². The Morgan fingerprint density at radius 2 is 2.55 bits per heavy atom. The molecule has 0 aromatic heterocycles. The molecule has 0 amide bonds. The van der Waals surface area contributed by atoms with Gasteiger partial charge in [0.1, 0.15) is 5.40 Å². The second kappa shape index (κ2) is 4.11. The number of nitriles is 1. The fraction of sp³-hybridized carbons (Fsp3) is 0.444. The van der Waals surface area contributed by atoms with E-state index in [1.807, 2.05) is 6.08 Å². The van der Waals surface area contributed by atoms with Gasteiger partial charge >= 0.3 is 0 Å². The molecule has 0 radical (unpaired) electrons. The molecule has 0 saturated heterocycles. The van der Waals surface area contributed by atoms with Crippen LogP contribution >= 0.6 is 11.8 Å². The van der Waals surface area contributed by atoms with Crippen molar-refractivity contribution in [2.24, 2.45) is 0 Å². The molecule has 1 aliphatic rings. The summed E-state index contributed by atoms with van der Waals surface area (Å²) >= 11 is 1.30. The molecule has 2 heteroatoms. The third-order valence-corrected chi connectivity index (χ3v) is 2.49. The molecule has 1 aliphatic carbocycles. The predicted octanol–water partition coefficient (Wildman–Crippen LogP) is 2.31. The van der Waals surface area contributed by atoms with Crippen molar-refractivity contribution >= 4 is 11.8 Å². The zero-order chi connectivity index (χ0) is 8.10. The van der Waals surface area contributed by atoms with Crippen LogP contribution in [0.25, 0.3) is 0 Å². The molecule has 0 aromatic carbocycles. The van der Waals surface area contributed by atoms with E-state index in [1.54, 1.807) is 0 Å². The van der Waals surface area contributed by atoms with Crippen molar-refractivity contribution in [3.05, 3.63) is 11.6 Å². The highest BCUT2D eigenvalue weighted by molar-refractivity contribution is 8.04. The Hall–Kier alpha value is -0.860. The molecule has 1 rings (SSSR count). The summed E-state index contributed by atoms with van der Waals surface area (Å²) in [5.41, 5.74) is 1.06. The van der Waals surface area contributed by atoms with Gasteiger partial charge in [-0.2, -0.15) is 5.26 Å². The minimum absolute atomic E-state index is 0.333. The quantitative estimate of drug-likeness (QED) is 0.437. The van der Waals surface area contributed by atoms with E-state index in [9.17, 15) is 0 Å². The standard InChI is InChI=1S/C9H9NS/c1-2-8-4-3-5-9(6-8)11-7-10/h1,6,9H,3-5H2. The van der Waals surface area contributed by atoms with Crippen LogP contribution in [0.2, 0.25) is 0 Å². The number of rotatable bonds is 1. The molecule has 56 valence electrons. The lowest BCUT2D eigenvalue weighted by Gasteiger charge is -2.14. The van der Waals surface area contributed by atoms with Crippen LogP contribution in [0.3, 0.4) is 0 Å². The average molecular weight is 163 g/mol. The van der Waals surface area contributed by atoms with E-state index in [2.05, 4.69) is 11.3 Å². The monoisotopic (exact) mass is 163 g/mol. The van der Waals surface area contributed by atoms with Crippen molar-refractivity contribution < 1.29 is 0 Å². The summed E-state index contributed by atoms with van der Waals surface area (Å²) in [5, 5.41) is 10.8. The van der Waals surface area contributed by atoms with Crippen LogP contribution in [0.5, 0.6) is 0 Å². The predicted molar refractivity (Wildman–Crippen MR) is 47.8 cm³/mol. The van der Waals surface area contributed by atoms with E-state index in [1.165, 1.54) is 11.8 Å². The summed E-state index contributed by atoms with van der Waals surface area (Å²) in [6.07, 6.45) is 10.5. The Morgan fingerprint density at radius 1 is 1.73 bits per heavy atom. The third-order valence-electron chi connectivity index (χ3n) is 1.71. The summed E-state index contributed by atoms with van der Waals surface area (Å²) in [7, 11) is 0. The average Bonchev–Trinajstić information content (AvgIpc) is 2.06. The summed E-state index contributed by atoms with van der Waals surface area (Å²) in [4.78, 5) is 0. The van der Waals surface area contributed by atoms with Crippen LogP contribution in [0.1, 0.15) is 19.3 Å². The van der Waals surface area contributed by atoms with Crippen LogP contribution in [0.15, 0.2) is 11.6 Å². The first kappa shape index (κ1) is 8.24. The van der Waals surface area contributed by atoms with Crippen LogP contribution < -0.4 is 0 Å². The maximum Gasteiger partial charge on any atom is 0.133 e. The minimum Gasteiger partial charge on any atom is -0.185 e. The molecule has 0 aromatic rings. The second-order valence-corrected chi connectivity index (χ2v) is 3.50. The molecule has 0 fully saturated rings. The maximum absolute atomic E-state index is 8.41. The van der Waals surface area contributed by atoms with E-state index in [0.29, 0.717) is 5.25 Å². The van der Waals surface area contributed by atoms with Gasteiger partial charge < -0.3 is 0 Å². The smallest absolute Gasteiger partial charge is 0.133 e. The molecular formula is C9H9NS. The first-order valence-corrected chi connectivity index (χ1v) is 4.47. The zero-order valence-corrected chi connectivity index (χ0v) is 7.03. The number of terminal acetylenes is 1. The van der Waals surface area contributed by atoms with Gasteiger partial charge in [-0.1, -0.05) is 12.0 Å². The Morgan fingerprint density at radius 3 is 3.18 bits per heavy atom. The van der Waals surface area contributed by atoms with Crippen molar-refractivity contribution in [3.63, 3.8) is 0 Å². The fourth-order valence-corrected chi connectivity index (χ4v) is 1.82. The molecule has 0 saturated carbocycles. The van der Waals surface area contributed by atoms with Gasteiger partial charge in [-0.3, -0.25) is 0 Å². The Kier molecular flexibility index (Phi) is 3.08. The molecule has 0 N–H and O–H groups in total. The fourth-order valence-electron chi connectivity index (χ4n) is 1.17. The van der Waals surface area contributed by atoms with Crippen molar-refractivity contribution in [2.45, 2.75) is 24.5 Å². The first-order valence-electron chi connectivity index (χ1n) is 3.59. The number of thioether (sulfide) groups is 1. The maximum atomic E-state index is 8.41. The molecule has 0 spiro atoms. The molecular weight excluding hydrogens is 154 g/mol. The van der Waals surface area contributed by atoms with Crippen LogP contribution in [-0.2, 0) is 0 Å². The molecule has 1 atom stereocenters. The second-order valence-electron chi connectivity index (χ2n) is 2.48. The lowest BCUT2D eigenvalue weighted by atomic mass is 10.00. The van der Waals surface area contributed by atoms with E-state index < -0.39 is 0 Å². The number of nitrogens with zero attached hydrogens (tertiary/aromatic N) is 1. The van der Waals surface area contributed by atoms with E-state index in [-0.39, 0.29) is 0 Å². The topological polar surface area (TPSA) is 23.8 Å².